The molecule has 0 fully saturated rings. The number of anilines is 1. The molecule has 0 N–H and O–H groups in total. The Hall–Kier alpha value is -2.16. The number of hydrogen-bond acceptors (Lipinski definition) is 3. The molecule has 2 aliphatic rings. The van der Waals surface area contributed by atoms with Crippen LogP contribution in [0.1, 0.15) is 0 Å². The minimum absolute atomic E-state index is 1.24. The zero-order chi connectivity index (χ0) is 24.0. The fourth-order valence-corrected chi connectivity index (χ4v) is 5.07. The predicted octanol–water partition coefficient (Wildman–Crippen LogP) is 8.21. The zero-order valence-electron chi connectivity index (χ0n) is 17.6. The molecule has 0 radical (unpaired) electrons. The SMILES string of the molecule is CN(C)c1ccc2c(-c3cccs3)c3ccc(=[N+](C)C)cc-3sc2c1.F[P-](F)(F)(F)(F)F. The Kier molecular flexibility index (Phi) is 5.90. The predicted molar refractivity (Wildman–Crippen MR) is 127 cm³/mol. The van der Waals surface area contributed by atoms with E-state index in [4.69, 9.17) is 0 Å². The Morgan fingerprint density at radius 3 is 2.03 bits per heavy atom. The molecule has 174 valence electrons. The van der Waals surface area contributed by atoms with Crippen LogP contribution in [0.5, 0.6) is 0 Å². The van der Waals surface area contributed by atoms with E-state index in [-0.39, 0.29) is 0 Å². The van der Waals surface area contributed by atoms with Gasteiger partial charge in [0.1, 0.15) is 14.1 Å². The summed E-state index contributed by atoms with van der Waals surface area (Å²) in [7, 11) is -2.28. The zero-order valence-corrected chi connectivity index (χ0v) is 20.1. The number of thiophene rings is 1. The maximum atomic E-state index is 9.87. The molecule has 2 heterocycles. The van der Waals surface area contributed by atoms with E-state index in [0.29, 0.717) is 0 Å². The molecule has 0 saturated carbocycles. The van der Waals surface area contributed by atoms with Gasteiger partial charge >= 0.3 is 33.0 Å². The first-order valence-electron chi connectivity index (χ1n) is 9.28. The molecule has 11 heteroatoms. The van der Waals surface area contributed by atoms with E-state index in [1.54, 1.807) is 0 Å². The molecule has 0 atom stereocenters. The van der Waals surface area contributed by atoms with Crippen molar-refractivity contribution in [1.29, 1.82) is 0 Å². The van der Waals surface area contributed by atoms with Crippen LogP contribution in [0.4, 0.5) is 30.9 Å². The first-order chi connectivity index (χ1) is 14.5. The van der Waals surface area contributed by atoms with Crippen molar-refractivity contribution >= 4 is 46.3 Å². The molecule has 0 bridgehead atoms. The van der Waals surface area contributed by atoms with Gasteiger partial charge in [-0.25, -0.2) is 4.58 Å². The fourth-order valence-electron chi connectivity index (χ4n) is 3.11. The summed E-state index contributed by atoms with van der Waals surface area (Å²) >= 11 is 3.69. The van der Waals surface area contributed by atoms with Gasteiger partial charge in [0.2, 0.25) is 5.36 Å². The summed E-state index contributed by atoms with van der Waals surface area (Å²) in [5.41, 5.74) is 3.93. The molecule has 1 aromatic heterocycles. The number of rotatable bonds is 2. The van der Waals surface area contributed by atoms with Crippen LogP contribution in [0.3, 0.4) is 0 Å². The monoisotopic (exact) mass is 510 g/mol. The van der Waals surface area contributed by atoms with Crippen molar-refractivity contribution in [1.82, 2.24) is 4.58 Å². The van der Waals surface area contributed by atoms with E-state index in [9.17, 15) is 25.2 Å². The number of nitrogens with zero attached hydrogens (tertiary/aromatic N) is 2. The van der Waals surface area contributed by atoms with Crippen molar-refractivity contribution in [2.45, 2.75) is 0 Å². The van der Waals surface area contributed by atoms with Crippen LogP contribution in [-0.4, -0.2) is 28.2 Å². The molecule has 1 aromatic carbocycles. The summed E-state index contributed by atoms with van der Waals surface area (Å²) in [6, 6.07) is 17.9. The third kappa shape index (κ3) is 6.67. The standard InChI is InChI=1S/C21H21N2S2.F6P/c1-22(2)14-7-9-16-19(12-14)25-20-13-15(23(3)4)8-10-17(20)21(16)18-6-5-11-24-18;1-7(2,3,4,5)6/h5-13H,1-4H3;/q+1;-1. The van der Waals surface area contributed by atoms with Crippen LogP contribution in [0, 0.1) is 0 Å². The average molecular weight is 511 g/mol. The molecule has 0 unspecified atom stereocenters. The molecule has 32 heavy (non-hydrogen) atoms. The molecule has 0 saturated heterocycles. The van der Waals surface area contributed by atoms with Crippen molar-refractivity contribution in [3.8, 4) is 20.9 Å². The normalized spacial score (nSPS) is 13.8. The Bertz CT molecular complexity index is 1300. The number of hydrogen-bond donors (Lipinski definition) is 0. The van der Waals surface area contributed by atoms with E-state index >= 15 is 0 Å². The molecule has 2 nitrogen and oxygen atoms in total. The summed E-state index contributed by atoms with van der Waals surface area (Å²) in [6.45, 7) is 0. The Morgan fingerprint density at radius 2 is 1.50 bits per heavy atom. The van der Waals surface area contributed by atoms with E-state index in [2.05, 4.69) is 91.6 Å². The maximum absolute atomic E-state index is 10.7. The van der Waals surface area contributed by atoms with E-state index in [1.807, 2.05) is 22.7 Å². The summed E-state index contributed by atoms with van der Waals surface area (Å²) in [5.74, 6) is 0. The van der Waals surface area contributed by atoms with Gasteiger partial charge in [0.15, 0.2) is 0 Å². The van der Waals surface area contributed by atoms with E-state index < -0.39 is 7.81 Å². The van der Waals surface area contributed by atoms with E-state index in [1.165, 1.54) is 42.0 Å². The first kappa shape index (κ1) is 24.5. The molecular formula is C21H21F6N2PS2. The van der Waals surface area contributed by atoms with Gasteiger partial charge in [0.25, 0.3) is 0 Å². The third-order valence-corrected chi connectivity index (χ3v) is 6.49. The van der Waals surface area contributed by atoms with E-state index in [0.717, 1.165) is 0 Å². The van der Waals surface area contributed by atoms with Crippen LogP contribution < -0.4 is 14.8 Å². The van der Waals surface area contributed by atoms with Crippen LogP contribution in [0.25, 0.3) is 31.0 Å². The van der Waals surface area contributed by atoms with Crippen molar-refractivity contribution < 1.29 is 25.2 Å². The number of benzene rings is 2. The van der Waals surface area contributed by atoms with Crippen LogP contribution in [0.15, 0.2) is 53.9 Å². The molecule has 1 aliphatic carbocycles. The van der Waals surface area contributed by atoms with Crippen molar-refractivity contribution in [2.24, 2.45) is 0 Å². The van der Waals surface area contributed by atoms with Gasteiger partial charge in [-0.1, -0.05) is 12.1 Å². The number of halogens is 6. The van der Waals surface area contributed by atoms with Gasteiger partial charge < -0.3 is 4.90 Å². The second-order valence-corrected chi connectivity index (χ2v) is 11.5. The summed E-state index contributed by atoms with van der Waals surface area (Å²) in [6.07, 6.45) is 0. The van der Waals surface area contributed by atoms with Crippen LogP contribution >= 0.6 is 30.5 Å². The summed E-state index contributed by atoms with van der Waals surface area (Å²) in [5, 5.41) is 4.73. The van der Waals surface area contributed by atoms with Crippen molar-refractivity contribution in [2.75, 3.05) is 33.1 Å². The van der Waals surface area contributed by atoms with Gasteiger partial charge in [-0.15, -0.1) is 22.7 Å². The summed E-state index contributed by atoms with van der Waals surface area (Å²) in [4.78, 5) is 4.83. The summed E-state index contributed by atoms with van der Waals surface area (Å²) < 4.78 is 62.7. The van der Waals surface area contributed by atoms with Crippen LogP contribution in [-0.2, 0) is 0 Å². The fraction of sp³-hybridized carbons (Fsp3) is 0.190. The molecule has 0 amide bonds. The average Bonchev–Trinajstić information content (AvgIpc) is 3.16. The Balaban J connectivity index is 0.000000360. The van der Waals surface area contributed by atoms with Gasteiger partial charge in [-0.05, 0) is 29.6 Å². The van der Waals surface area contributed by atoms with Gasteiger partial charge in [0.05, 0.1) is 0 Å². The molecule has 4 rings (SSSR count). The second kappa shape index (κ2) is 7.71. The Labute approximate surface area is 189 Å². The molecule has 1 aliphatic heterocycles. The van der Waals surface area contributed by atoms with Crippen molar-refractivity contribution in [3.63, 3.8) is 0 Å². The molecule has 0 spiro atoms. The van der Waals surface area contributed by atoms with Gasteiger partial charge in [-0.3, -0.25) is 0 Å². The van der Waals surface area contributed by atoms with Gasteiger partial charge in [0, 0.05) is 62.9 Å². The number of fused-ring (bicyclic) bond motifs is 2. The third-order valence-electron chi connectivity index (χ3n) is 4.49. The first-order valence-corrected chi connectivity index (χ1v) is 13.0. The second-order valence-electron chi connectivity index (χ2n) is 7.56. The topological polar surface area (TPSA) is 6.25 Å². The Morgan fingerprint density at radius 1 is 0.844 bits per heavy atom. The van der Waals surface area contributed by atoms with Crippen LogP contribution in [0.2, 0.25) is 0 Å². The molecule has 2 aromatic rings. The van der Waals surface area contributed by atoms with Crippen molar-refractivity contribution in [3.05, 3.63) is 59.3 Å². The molecular weight excluding hydrogens is 489 g/mol. The minimum atomic E-state index is -10.7. The quantitative estimate of drug-likeness (QED) is 0.114. The van der Waals surface area contributed by atoms with Gasteiger partial charge in [-0.2, -0.15) is 0 Å².